The van der Waals surface area contributed by atoms with Gasteiger partial charge in [0, 0.05) is 6.42 Å². The Morgan fingerprint density at radius 3 is 1.18 bits per heavy atom. The van der Waals surface area contributed by atoms with E-state index in [1.165, 1.54) is 83.5 Å². The maximum atomic E-state index is 10.3. The molecule has 0 atom stereocenters. The fourth-order valence-corrected chi connectivity index (χ4v) is 2.65. The zero-order valence-corrected chi connectivity index (χ0v) is 13.7. The van der Waals surface area contributed by atoms with Gasteiger partial charge in [-0.1, -0.05) is 96.8 Å². The summed E-state index contributed by atoms with van der Waals surface area (Å²) < 4.78 is 0. The molecule has 0 amide bonds. The van der Waals surface area contributed by atoms with Crippen molar-refractivity contribution in [1.29, 1.82) is 0 Å². The first-order valence-corrected chi connectivity index (χ1v) is 8.99. The van der Waals surface area contributed by atoms with E-state index in [0.29, 0.717) is 6.42 Å². The molecule has 0 rings (SSSR count). The van der Waals surface area contributed by atoms with Gasteiger partial charge in [0.15, 0.2) is 0 Å². The van der Waals surface area contributed by atoms with Crippen LogP contribution in [-0.4, -0.2) is 63.7 Å². The first-order chi connectivity index (χ1) is 9.77. The molecular formula is C18H39MgNaO2. The van der Waals surface area contributed by atoms with Gasteiger partial charge in [-0.05, 0) is 6.42 Å². The third-order valence-electron chi connectivity index (χ3n) is 3.99. The molecular weight excluding hydrogens is 295 g/mol. The van der Waals surface area contributed by atoms with Crippen molar-refractivity contribution in [3.8, 4) is 0 Å². The van der Waals surface area contributed by atoms with Crippen LogP contribution in [0.1, 0.15) is 110 Å². The fraction of sp³-hybridized carbons (Fsp3) is 0.944. The van der Waals surface area contributed by atoms with Crippen LogP contribution in [0.15, 0.2) is 0 Å². The minimum atomic E-state index is -0.653. The van der Waals surface area contributed by atoms with E-state index in [1.54, 1.807) is 0 Å². The van der Waals surface area contributed by atoms with Gasteiger partial charge < -0.3 is 5.11 Å². The normalized spacial score (nSPS) is 9.86. The fourth-order valence-electron chi connectivity index (χ4n) is 2.65. The number of rotatable bonds is 16. The molecule has 0 aliphatic carbocycles. The molecule has 0 heterocycles. The van der Waals surface area contributed by atoms with E-state index in [9.17, 15) is 4.79 Å². The van der Waals surface area contributed by atoms with Crippen LogP contribution in [-0.2, 0) is 4.79 Å². The van der Waals surface area contributed by atoms with Crippen molar-refractivity contribution in [3.05, 3.63) is 0 Å². The summed E-state index contributed by atoms with van der Waals surface area (Å²) in [5, 5.41) is 8.52. The molecule has 0 aromatic carbocycles. The molecule has 0 saturated heterocycles. The van der Waals surface area contributed by atoms with Crippen molar-refractivity contribution in [2.45, 2.75) is 110 Å². The number of hydrogen-bond donors (Lipinski definition) is 1. The van der Waals surface area contributed by atoms with E-state index in [2.05, 4.69) is 6.92 Å². The van der Waals surface area contributed by atoms with E-state index in [0.717, 1.165) is 12.8 Å². The summed E-state index contributed by atoms with van der Waals surface area (Å²) in [5.41, 5.74) is 0. The molecule has 22 heavy (non-hydrogen) atoms. The van der Waals surface area contributed by atoms with Crippen LogP contribution in [0.25, 0.3) is 0 Å². The third-order valence-corrected chi connectivity index (χ3v) is 3.99. The number of hydrogen-bond acceptors (Lipinski definition) is 1. The van der Waals surface area contributed by atoms with E-state index < -0.39 is 5.97 Å². The predicted molar refractivity (Wildman–Crippen MR) is 103 cm³/mol. The standard InChI is InChI=1S/C18H36O2.Mg.Na.3H/c1-2-3-4-5-6-7-8-9-10-11-12-13-14-15-16-17-18(19)20;;;;;/h2-17H2,1H3,(H,19,20);;;;;. The number of aliphatic carboxylic acids is 1. The van der Waals surface area contributed by atoms with Gasteiger partial charge in [-0.2, -0.15) is 0 Å². The Kier molecular flexibility index (Phi) is 31.2. The second kappa shape index (κ2) is 24.5. The molecule has 0 aromatic rings. The van der Waals surface area contributed by atoms with Gasteiger partial charge >= 0.3 is 58.6 Å². The molecule has 0 aromatic heterocycles. The summed E-state index contributed by atoms with van der Waals surface area (Å²) in [5.74, 6) is -0.653. The Labute approximate surface area is 177 Å². The molecule has 4 heteroatoms. The third kappa shape index (κ3) is 26.1. The summed E-state index contributed by atoms with van der Waals surface area (Å²) >= 11 is 0. The van der Waals surface area contributed by atoms with Gasteiger partial charge in [0.2, 0.25) is 0 Å². The van der Waals surface area contributed by atoms with Crippen LogP contribution in [0.4, 0.5) is 0 Å². The van der Waals surface area contributed by atoms with Crippen molar-refractivity contribution < 1.29 is 9.90 Å². The molecule has 2 nitrogen and oxygen atoms in total. The molecule has 1 N–H and O–H groups in total. The second-order valence-corrected chi connectivity index (χ2v) is 6.09. The number of carboxylic acids is 1. The first-order valence-electron chi connectivity index (χ1n) is 8.99. The topological polar surface area (TPSA) is 37.3 Å². The van der Waals surface area contributed by atoms with Crippen LogP contribution in [0.3, 0.4) is 0 Å². The first kappa shape index (κ1) is 28.1. The van der Waals surface area contributed by atoms with E-state index in [4.69, 9.17) is 5.11 Å². The van der Waals surface area contributed by atoms with Crippen molar-refractivity contribution >= 4 is 58.6 Å². The van der Waals surface area contributed by atoms with Crippen LogP contribution >= 0.6 is 0 Å². The van der Waals surface area contributed by atoms with E-state index in [-0.39, 0.29) is 52.6 Å². The van der Waals surface area contributed by atoms with Crippen LogP contribution in [0, 0.1) is 0 Å². The molecule has 0 radical (unpaired) electrons. The van der Waals surface area contributed by atoms with Crippen molar-refractivity contribution in [2.24, 2.45) is 0 Å². The molecule has 0 saturated carbocycles. The SMILES string of the molecule is CCCCCCCCCCCCCCCCCC(=O)O.[MgH2].[NaH]. The van der Waals surface area contributed by atoms with Crippen molar-refractivity contribution in [1.82, 2.24) is 0 Å². The Morgan fingerprint density at radius 1 is 0.636 bits per heavy atom. The molecule has 0 spiro atoms. The van der Waals surface area contributed by atoms with Gasteiger partial charge in [0.25, 0.3) is 0 Å². The predicted octanol–water partition coefficient (Wildman–Crippen LogP) is 4.77. The Morgan fingerprint density at radius 2 is 0.909 bits per heavy atom. The monoisotopic (exact) mass is 334 g/mol. The summed E-state index contributed by atoms with van der Waals surface area (Å²) in [6.45, 7) is 2.27. The maximum absolute atomic E-state index is 10.3. The van der Waals surface area contributed by atoms with Gasteiger partial charge in [-0.15, -0.1) is 0 Å². The summed E-state index contributed by atoms with van der Waals surface area (Å²) in [6.07, 6.45) is 20.2. The van der Waals surface area contributed by atoms with Gasteiger partial charge in [-0.25, -0.2) is 0 Å². The number of carboxylic acid groups (broad SMARTS) is 1. The number of unbranched alkanes of at least 4 members (excludes halogenated alkanes) is 14. The summed E-state index contributed by atoms with van der Waals surface area (Å²) in [6, 6.07) is 0. The van der Waals surface area contributed by atoms with E-state index >= 15 is 0 Å². The number of carbonyl (C=O) groups is 1. The van der Waals surface area contributed by atoms with Crippen LogP contribution in [0.2, 0.25) is 0 Å². The minimum absolute atomic E-state index is 0. The molecule has 0 aliphatic rings. The second-order valence-electron chi connectivity index (χ2n) is 6.09. The average Bonchev–Trinajstić information content (AvgIpc) is 2.43. The molecule has 0 aliphatic heterocycles. The Bertz CT molecular complexity index is 213. The molecule has 0 bridgehead atoms. The van der Waals surface area contributed by atoms with Gasteiger partial charge in [0.1, 0.15) is 0 Å². The zero-order valence-electron chi connectivity index (χ0n) is 13.7. The molecule has 126 valence electrons. The van der Waals surface area contributed by atoms with Gasteiger partial charge in [-0.3, -0.25) is 4.79 Å². The Hall–Kier alpha value is 1.24. The van der Waals surface area contributed by atoms with Crippen molar-refractivity contribution in [3.63, 3.8) is 0 Å². The summed E-state index contributed by atoms with van der Waals surface area (Å²) in [7, 11) is 0. The zero-order chi connectivity index (χ0) is 14.9. The van der Waals surface area contributed by atoms with Crippen molar-refractivity contribution in [2.75, 3.05) is 0 Å². The van der Waals surface area contributed by atoms with Gasteiger partial charge in [0.05, 0.1) is 0 Å². The van der Waals surface area contributed by atoms with Crippen LogP contribution in [0.5, 0.6) is 0 Å². The Balaban J connectivity index is -0.00000180. The average molecular weight is 335 g/mol. The molecule has 0 fully saturated rings. The quantitative estimate of drug-likeness (QED) is 0.326. The van der Waals surface area contributed by atoms with E-state index in [1.807, 2.05) is 0 Å². The molecule has 0 unspecified atom stereocenters. The van der Waals surface area contributed by atoms with Crippen LogP contribution < -0.4 is 0 Å². The summed E-state index contributed by atoms with van der Waals surface area (Å²) in [4.78, 5) is 10.3.